The SMILES string of the molecule is CCc1ccc(C=C(C)CNC)o1. The Morgan fingerprint density at radius 1 is 1.54 bits per heavy atom. The zero-order chi connectivity index (χ0) is 9.68. The Hall–Kier alpha value is -1.02. The Bertz CT molecular complexity index is 286. The molecule has 0 amide bonds. The summed E-state index contributed by atoms with van der Waals surface area (Å²) in [5, 5.41) is 3.10. The average Bonchev–Trinajstić information content (AvgIpc) is 2.52. The van der Waals surface area contributed by atoms with Crippen LogP contribution in [0.15, 0.2) is 22.1 Å². The van der Waals surface area contributed by atoms with Gasteiger partial charge in [-0.3, -0.25) is 0 Å². The van der Waals surface area contributed by atoms with Crippen LogP contribution in [-0.4, -0.2) is 13.6 Å². The Balaban J connectivity index is 2.67. The highest BCUT2D eigenvalue weighted by Gasteiger charge is 1.97. The maximum atomic E-state index is 5.55. The van der Waals surface area contributed by atoms with E-state index in [-0.39, 0.29) is 0 Å². The molecule has 0 aromatic carbocycles. The fraction of sp³-hybridized carbons (Fsp3) is 0.455. The minimum Gasteiger partial charge on any atom is -0.462 e. The standard InChI is InChI=1S/C11H17NO/c1-4-10-5-6-11(13-10)7-9(2)8-12-3/h5-7,12H,4,8H2,1-3H3. The first-order valence-electron chi connectivity index (χ1n) is 4.66. The minimum atomic E-state index is 0.905. The minimum absolute atomic E-state index is 0.905. The number of hydrogen-bond donors (Lipinski definition) is 1. The predicted molar refractivity (Wildman–Crippen MR) is 55.7 cm³/mol. The largest absolute Gasteiger partial charge is 0.462 e. The van der Waals surface area contributed by atoms with Crippen LogP contribution in [0, 0.1) is 0 Å². The molecular formula is C11H17NO. The van der Waals surface area contributed by atoms with E-state index in [9.17, 15) is 0 Å². The molecule has 0 unspecified atom stereocenters. The molecule has 2 nitrogen and oxygen atoms in total. The van der Waals surface area contributed by atoms with E-state index in [0.29, 0.717) is 0 Å². The summed E-state index contributed by atoms with van der Waals surface area (Å²) < 4.78 is 5.55. The van der Waals surface area contributed by atoms with Crippen LogP contribution in [0.25, 0.3) is 6.08 Å². The van der Waals surface area contributed by atoms with Gasteiger partial charge in [0, 0.05) is 13.0 Å². The summed E-state index contributed by atoms with van der Waals surface area (Å²) in [5.74, 6) is 1.99. The van der Waals surface area contributed by atoms with E-state index in [1.807, 2.05) is 19.2 Å². The second-order valence-corrected chi connectivity index (χ2v) is 3.18. The van der Waals surface area contributed by atoms with Crippen LogP contribution in [-0.2, 0) is 6.42 Å². The summed E-state index contributed by atoms with van der Waals surface area (Å²) >= 11 is 0. The van der Waals surface area contributed by atoms with Gasteiger partial charge < -0.3 is 9.73 Å². The van der Waals surface area contributed by atoms with Gasteiger partial charge in [-0.2, -0.15) is 0 Å². The smallest absolute Gasteiger partial charge is 0.127 e. The van der Waals surface area contributed by atoms with Gasteiger partial charge in [0.15, 0.2) is 0 Å². The lowest BCUT2D eigenvalue weighted by atomic mass is 10.2. The summed E-state index contributed by atoms with van der Waals surface area (Å²) in [6.45, 7) is 5.08. The van der Waals surface area contributed by atoms with E-state index in [1.54, 1.807) is 0 Å². The first kappa shape index (κ1) is 10.1. The van der Waals surface area contributed by atoms with Crippen LogP contribution >= 0.6 is 0 Å². The van der Waals surface area contributed by atoms with E-state index < -0.39 is 0 Å². The van der Waals surface area contributed by atoms with E-state index in [2.05, 4.69) is 25.2 Å². The number of furan rings is 1. The fourth-order valence-electron chi connectivity index (χ4n) is 1.23. The third-order valence-electron chi connectivity index (χ3n) is 1.88. The Morgan fingerprint density at radius 2 is 2.31 bits per heavy atom. The van der Waals surface area contributed by atoms with E-state index in [1.165, 1.54) is 5.57 Å². The molecule has 0 aliphatic heterocycles. The molecule has 0 saturated carbocycles. The van der Waals surface area contributed by atoms with Gasteiger partial charge in [-0.1, -0.05) is 12.5 Å². The molecule has 0 radical (unpaired) electrons. The molecular weight excluding hydrogens is 162 g/mol. The highest BCUT2D eigenvalue weighted by atomic mass is 16.3. The van der Waals surface area contributed by atoms with Crippen molar-refractivity contribution < 1.29 is 4.42 Å². The quantitative estimate of drug-likeness (QED) is 0.768. The van der Waals surface area contributed by atoms with Gasteiger partial charge in [0.2, 0.25) is 0 Å². The molecule has 0 aliphatic carbocycles. The molecule has 72 valence electrons. The lowest BCUT2D eigenvalue weighted by molar-refractivity contribution is 0.507. The zero-order valence-corrected chi connectivity index (χ0v) is 8.55. The molecule has 0 aliphatic rings. The third-order valence-corrected chi connectivity index (χ3v) is 1.88. The summed E-state index contributed by atoms with van der Waals surface area (Å²) in [6, 6.07) is 4.04. The van der Waals surface area contributed by atoms with Gasteiger partial charge >= 0.3 is 0 Å². The first-order valence-corrected chi connectivity index (χ1v) is 4.66. The number of likely N-dealkylation sites (N-methyl/N-ethyl adjacent to an activating group) is 1. The zero-order valence-electron chi connectivity index (χ0n) is 8.55. The van der Waals surface area contributed by atoms with Gasteiger partial charge in [0.1, 0.15) is 11.5 Å². The normalized spacial score (nSPS) is 12.1. The van der Waals surface area contributed by atoms with Crippen molar-refractivity contribution in [3.8, 4) is 0 Å². The lowest BCUT2D eigenvalue weighted by Gasteiger charge is -1.96. The summed E-state index contributed by atoms with van der Waals surface area (Å²) in [6.07, 6.45) is 3.02. The van der Waals surface area contributed by atoms with Crippen LogP contribution in [0.3, 0.4) is 0 Å². The van der Waals surface area contributed by atoms with E-state index >= 15 is 0 Å². The number of rotatable bonds is 4. The van der Waals surface area contributed by atoms with E-state index in [4.69, 9.17) is 4.42 Å². The van der Waals surface area contributed by atoms with Crippen LogP contribution in [0.5, 0.6) is 0 Å². The molecule has 0 bridgehead atoms. The van der Waals surface area contributed by atoms with Crippen molar-refractivity contribution in [2.45, 2.75) is 20.3 Å². The maximum Gasteiger partial charge on any atom is 0.127 e. The van der Waals surface area contributed by atoms with Crippen LogP contribution in [0.4, 0.5) is 0 Å². The maximum absolute atomic E-state index is 5.55. The molecule has 13 heavy (non-hydrogen) atoms. The highest BCUT2D eigenvalue weighted by molar-refractivity contribution is 5.47. The molecule has 2 heteroatoms. The molecule has 1 aromatic rings. The van der Waals surface area contributed by atoms with Crippen LogP contribution in [0.1, 0.15) is 25.4 Å². The second-order valence-electron chi connectivity index (χ2n) is 3.18. The Labute approximate surface area is 79.6 Å². The summed E-state index contributed by atoms with van der Waals surface area (Å²) in [4.78, 5) is 0. The second kappa shape index (κ2) is 4.87. The molecule has 0 fully saturated rings. The van der Waals surface area contributed by atoms with Crippen molar-refractivity contribution in [1.82, 2.24) is 5.32 Å². The number of hydrogen-bond acceptors (Lipinski definition) is 2. The molecule has 0 atom stereocenters. The van der Waals surface area contributed by atoms with Gasteiger partial charge in [-0.25, -0.2) is 0 Å². The van der Waals surface area contributed by atoms with Crippen LogP contribution < -0.4 is 5.32 Å². The highest BCUT2D eigenvalue weighted by Crippen LogP contribution is 2.11. The van der Waals surface area contributed by atoms with Gasteiger partial charge in [0.25, 0.3) is 0 Å². The number of nitrogens with one attached hydrogen (secondary N) is 1. The molecule has 1 heterocycles. The first-order chi connectivity index (χ1) is 6.26. The van der Waals surface area contributed by atoms with Crippen LogP contribution in [0.2, 0.25) is 0 Å². The van der Waals surface area contributed by atoms with Gasteiger partial charge in [-0.15, -0.1) is 0 Å². The lowest BCUT2D eigenvalue weighted by Crippen LogP contribution is -2.08. The predicted octanol–water partition coefficient (Wildman–Crippen LogP) is 2.46. The van der Waals surface area contributed by atoms with Crippen molar-refractivity contribution in [3.05, 3.63) is 29.2 Å². The Morgan fingerprint density at radius 3 is 2.85 bits per heavy atom. The topological polar surface area (TPSA) is 25.2 Å². The summed E-state index contributed by atoms with van der Waals surface area (Å²) in [7, 11) is 1.94. The monoisotopic (exact) mass is 179 g/mol. The van der Waals surface area contributed by atoms with E-state index in [0.717, 1.165) is 24.5 Å². The molecule has 1 aromatic heterocycles. The van der Waals surface area contributed by atoms with Crippen molar-refractivity contribution in [2.24, 2.45) is 0 Å². The number of aryl methyl sites for hydroxylation is 1. The average molecular weight is 179 g/mol. The van der Waals surface area contributed by atoms with Gasteiger partial charge in [-0.05, 0) is 32.2 Å². The molecule has 0 spiro atoms. The van der Waals surface area contributed by atoms with Gasteiger partial charge in [0.05, 0.1) is 0 Å². The molecule has 0 saturated heterocycles. The fourth-order valence-corrected chi connectivity index (χ4v) is 1.23. The summed E-state index contributed by atoms with van der Waals surface area (Å²) in [5.41, 5.74) is 1.28. The third kappa shape index (κ3) is 3.07. The molecule has 1 N–H and O–H groups in total. The van der Waals surface area contributed by atoms with Crippen molar-refractivity contribution in [1.29, 1.82) is 0 Å². The van der Waals surface area contributed by atoms with Crippen molar-refractivity contribution >= 4 is 6.08 Å². The Kier molecular flexibility index (Phi) is 3.77. The van der Waals surface area contributed by atoms with Crippen molar-refractivity contribution in [3.63, 3.8) is 0 Å². The molecule has 1 rings (SSSR count). The van der Waals surface area contributed by atoms with Crippen molar-refractivity contribution in [2.75, 3.05) is 13.6 Å².